The van der Waals surface area contributed by atoms with Crippen LogP contribution in [0, 0.1) is 53.8 Å². The van der Waals surface area contributed by atoms with Gasteiger partial charge in [0.1, 0.15) is 5.92 Å². The minimum atomic E-state index is -0.405. The smallest absolute Gasteiger partial charge is 0.237 e. The van der Waals surface area contributed by atoms with Crippen LogP contribution in [0.5, 0.6) is 0 Å². The highest BCUT2D eigenvalue weighted by atomic mass is 32.2. The number of hydrogen-bond donors (Lipinski definition) is 1. The van der Waals surface area contributed by atoms with E-state index >= 15 is 0 Å². The first-order valence-corrected chi connectivity index (χ1v) is 11.0. The lowest BCUT2D eigenvalue weighted by atomic mass is 9.63. The van der Waals surface area contributed by atoms with Gasteiger partial charge < -0.3 is 5.32 Å². The molecule has 1 amide bonds. The molecule has 4 heteroatoms. The lowest BCUT2D eigenvalue weighted by molar-refractivity contribution is -0.122. The zero-order chi connectivity index (χ0) is 17.8. The van der Waals surface area contributed by atoms with Gasteiger partial charge >= 0.3 is 0 Å². The molecule has 1 heterocycles. The van der Waals surface area contributed by atoms with Crippen molar-refractivity contribution in [1.29, 1.82) is 5.26 Å². The van der Waals surface area contributed by atoms with Gasteiger partial charge in [0.15, 0.2) is 0 Å². The molecule has 3 aliphatic carbocycles. The summed E-state index contributed by atoms with van der Waals surface area (Å²) in [5.74, 6) is 2.51. The number of nitriles is 1. The van der Waals surface area contributed by atoms with Gasteiger partial charge in [0.2, 0.25) is 5.91 Å². The molecule has 1 N–H and O–H groups in total. The number of amides is 1. The third-order valence-electron chi connectivity index (χ3n) is 7.58. The number of hydrogen-bond acceptors (Lipinski definition) is 3. The Kier molecular flexibility index (Phi) is 4.05. The number of nitrogens with zero attached hydrogens (tertiary/aromatic N) is 1. The third-order valence-corrected chi connectivity index (χ3v) is 9.00. The fourth-order valence-electron chi connectivity index (χ4n) is 6.78. The Balaban J connectivity index is 1.42. The van der Waals surface area contributed by atoms with Crippen molar-refractivity contribution in [3.8, 4) is 6.07 Å². The molecule has 0 bridgehead atoms. The lowest BCUT2D eigenvalue weighted by Gasteiger charge is -2.46. The molecule has 4 fully saturated rings. The molecule has 0 aromatic heterocycles. The van der Waals surface area contributed by atoms with Crippen LogP contribution < -0.4 is 5.32 Å². The van der Waals surface area contributed by atoms with E-state index in [0.29, 0.717) is 23.0 Å². The van der Waals surface area contributed by atoms with Gasteiger partial charge in [0.05, 0.1) is 6.07 Å². The second-order valence-electron chi connectivity index (χ2n) is 8.77. The lowest BCUT2D eigenvalue weighted by Crippen LogP contribution is -2.43. The Hall–Kier alpha value is -1.47. The first-order valence-electron chi connectivity index (χ1n) is 10.1. The Morgan fingerprint density at radius 2 is 1.96 bits per heavy atom. The number of benzene rings is 1. The maximum Gasteiger partial charge on any atom is 0.237 e. The van der Waals surface area contributed by atoms with E-state index in [-0.39, 0.29) is 17.9 Å². The Morgan fingerprint density at radius 1 is 1.12 bits per heavy atom. The molecule has 4 aliphatic rings. The van der Waals surface area contributed by atoms with Gasteiger partial charge in [-0.05, 0) is 68.4 Å². The predicted molar refractivity (Wildman–Crippen MR) is 102 cm³/mol. The average molecular weight is 367 g/mol. The quantitative estimate of drug-likeness (QED) is 0.855. The minimum Gasteiger partial charge on any atom is -0.352 e. The van der Waals surface area contributed by atoms with Gasteiger partial charge in [-0.2, -0.15) is 5.26 Å². The van der Waals surface area contributed by atoms with Gasteiger partial charge in [-0.15, -0.1) is 11.8 Å². The second-order valence-corrected chi connectivity index (χ2v) is 10.1. The summed E-state index contributed by atoms with van der Waals surface area (Å²) in [5.41, 5.74) is 1.33. The van der Waals surface area contributed by atoms with Crippen LogP contribution in [0.15, 0.2) is 29.2 Å². The van der Waals surface area contributed by atoms with E-state index in [0.717, 1.165) is 5.92 Å². The number of nitrogens with one attached hydrogen (secondary N) is 1. The maximum absolute atomic E-state index is 12.3. The van der Waals surface area contributed by atoms with E-state index in [1.165, 1.54) is 42.6 Å². The van der Waals surface area contributed by atoms with Gasteiger partial charge in [-0.3, -0.25) is 4.79 Å². The van der Waals surface area contributed by atoms with Crippen LogP contribution in [0.3, 0.4) is 0 Å². The number of aryl methyl sites for hydroxylation is 1. The minimum absolute atomic E-state index is 0.000618. The molecular weight excluding hydrogens is 340 g/mol. The predicted octanol–water partition coefficient (Wildman–Crippen LogP) is 4.17. The molecule has 0 radical (unpaired) electrons. The highest BCUT2D eigenvalue weighted by molar-refractivity contribution is 8.00. The molecule has 1 aromatic rings. The molecule has 136 valence electrons. The first kappa shape index (κ1) is 16.7. The molecule has 1 aromatic carbocycles. The summed E-state index contributed by atoms with van der Waals surface area (Å²) >= 11 is 2.08. The van der Waals surface area contributed by atoms with Crippen molar-refractivity contribution in [2.45, 2.75) is 55.2 Å². The van der Waals surface area contributed by atoms with Gasteiger partial charge in [-0.25, -0.2) is 0 Å². The van der Waals surface area contributed by atoms with E-state index in [4.69, 9.17) is 0 Å². The van der Waals surface area contributed by atoms with Gasteiger partial charge in [-0.1, -0.05) is 24.1 Å². The molecule has 5 rings (SSSR count). The standard InChI is InChI=1S/C22H26N2OS/c1-12-4-2-5-13(10-12)26-18-9-8-15-19-14(18)6-3-7-16(19)21-20(15)17(11-23)22(25)24-21/h2,4-5,10,14-21H,3,6-9H2,1H3,(H,24,25). The van der Waals surface area contributed by atoms with Crippen LogP contribution in [-0.2, 0) is 4.79 Å². The van der Waals surface area contributed by atoms with Crippen molar-refractivity contribution in [1.82, 2.24) is 5.32 Å². The molecule has 1 saturated heterocycles. The van der Waals surface area contributed by atoms with Crippen LogP contribution in [0.4, 0.5) is 0 Å². The van der Waals surface area contributed by atoms with E-state index in [2.05, 4.69) is 54.3 Å². The van der Waals surface area contributed by atoms with E-state index < -0.39 is 5.92 Å². The number of carbonyl (C=O) groups excluding carboxylic acids is 1. The number of rotatable bonds is 2. The Bertz CT molecular complexity index is 772. The zero-order valence-electron chi connectivity index (χ0n) is 15.2. The Labute approximate surface area is 159 Å². The molecule has 26 heavy (non-hydrogen) atoms. The fourth-order valence-corrected chi connectivity index (χ4v) is 8.29. The molecule has 8 unspecified atom stereocenters. The topological polar surface area (TPSA) is 52.9 Å². The summed E-state index contributed by atoms with van der Waals surface area (Å²) in [4.78, 5) is 13.7. The average Bonchev–Trinajstić information content (AvgIpc) is 3.12. The third kappa shape index (κ3) is 2.43. The van der Waals surface area contributed by atoms with Crippen LogP contribution in [0.1, 0.15) is 37.7 Å². The van der Waals surface area contributed by atoms with E-state index in [1.54, 1.807) is 0 Å². The summed E-state index contributed by atoms with van der Waals surface area (Å²) < 4.78 is 0. The fraction of sp³-hybridized carbons (Fsp3) is 0.636. The molecule has 3 saturated carbocycles. The van der Waals surface area contributed by atoms with Crippen molar-refractivity contribution >= 4 is 17.7 Å². The zero-order valence-corrected chi connectivity index (χ0v) is 16.0. The summed E-state index contributed by atoms with van der Waals surface area (Å²) in [6.45, 7) is 2.17. The SMILES string of the molecule is Cc1cccc(SC2CCC3C4C2CCCC4C2NC(=O)C(C#N)C32)c1. The highest BCUT2D eigenvalue weighted by Crippen LogP contribution is 2.61. The van der Waals surface area contributed by atoms with E-state index in [9.17, 15) is 10.1 Å². The van der Waals surface area contributed by atoms with Gasteiger partial charge in [0, 0.05) is 22.1 Å². The summed E-state index contributed by atoms with van der Waals surface area (Å²) in [5, 5.41) is 13.5. The maximum atomic E-state index is 12.3. The van der Waals surface area contributed by atoms with Crippen molar-refractivity contribution in [3.05, 3.63) is 29.8 Å². The highest BCUT2D eigenvalue weighted by Gasteiger charge is 2.62. The largest absolute Gasteiger partial charge is 0.352 e. The number of carbonyl (C=O) groups is 1. The normalized spacial score (nSPS) is 43.3. The summed E-state index contributed by atoms with van der Waals surface area (Å²) in [6.07, 6.45) is 6.26. The van der Waals surface area contributed by atoms with Gasteiger partial charge in [0.25, 0.3) is 0 Å². The number of fused-ring (bicyclic) bond motifs is 3. The molecular formula is C22H26N2OS. The summed E-state index contributed by atoms with van der Waals surface area (Å²) in [7, 11) is 0. The summed E-state index contributed by atoms with van der Waals surface area (Å²) in [6, 6.07) is 11.5. The Morgan fingerprint density at radius 3 is 2.77 bits per heavy atom. The van der Waals surface area contributed by atoms with Crippen LogP contribution >= 0.6 is 11.8 Å². The number of thioether (sulfide) groups is 1. The van der Waals surface area contributed by atoms with Crippen molar-refractivity contribution in [3.63, 3.8) is 0 Å². The molecule has 8 atom stereocenters. The van der Waals surface area contributed by atoms with E-state index in [1.807, 2.05) is 0 Å². The van der Waals surface area contributed by atoms with Crippen molar-refractivity contribution in [2.75, 3.05) is 0 Å². The van der Waals surface area contributed by atoms with Crippen molar-refractivity contribution < 1.29 is 4.79 Å². The monoisotopic (exact) mass is 366 g/mol. The van der Waals surface area contributed by atoms with Crippen LogP contribution in [0.25, 0.3) is 0 Å². The van der Waals surface area contributed by atoms with Crippen molar-refractivity contribution in [2.24, 2.45) is 35.5 Å². The molecule has 3 nitrogen and oxygen atoms in total. The second kappa shape index (κ2) is 6.30. The van der Waals surface area contributed by atoms with Crippen LogP contribution in [0.2, 0.25) is 0 Å². The molecule has 0 spiro atoms. The molecule has 1 aliphatic heterocycles. The van der Waals surface area contributed by atoms with Crippen LogP contribution in [-0.4, -0.2) is 17.2 Å². The first-order chi connectivity index (χ1) is 12.7.